The van der Waals surface area contributed by atoms with E-state index in [4.69, 9.17) is 9.47 Å². The number of nitriles is 1. The van der Waals surface area contributed by atoms with E-state index in [0.717, 1.165) is 30.8 Å². The summed E-state index contributed by atoms with van der Waals surface area (Å²) in [7, 11) is 1.67. The van der Waals surface area contributed by atoms with Crippen molar-refractivity contribution in [2.24, 2.45) is 5.92 Å². The van der Waals surface area contributed by atoms with E-state index in [1.54, 1.807) is 31.4 Å². The van der Waals surface area contributed by atoms with E-state index in [1.807, 2.05) is 38.1 Å². The van der Waals surface area contributed by atoms with E-state index in [-0.39, 0.29) is 17.9 Å². The molecular formula is C24H29N3O3. The van der Waals surface area contributed by atoms with Crippen LogP contribution in [0.25, 0.3) is 0 Å². The van der Waals surface area contributed by atoms with Crippen LogP contribution >= 0.6 is 0 Å². The molecule has 6 nitrogen and oxygen atoms in total. The maximum absolute atomic E-state index is 13.1. The topological polar surface area (TPSA) is 74.6 Å². The largest absolute Gasteiger partial charge is 0.495 e. The van der Waals surface area contributed by atoms with Crippen LogP contribution in [0.3, 0.4) is 0 Å². The van der Waals surface area contributed by atoms with Gasteiger partial charge in [-0.25, -0.2) is 0 Å². The van der Waals surface area contributed by atoms with Crippen molar-refractivity contribution in [2.75, 3.05) is 25.1 Å². The molecule has 2 unspecified atom stereocenters. The minimum atomic E-state index is -0.666. The molecule has 0 aromatic heterocycles. The van der Waals surface area contributed by atoms with Gasteiger partial charge in [-0.2, -0.15) is 5.26 Å². The van der Waals surface area contributed by atoms with Gasteiger partial charge in [-0.15, -0.1) is 0 Å². The zero-order valence-corrected chi connectivity index (χ0v) is 17.8. The summed E-state index contributed by atoms with van der Waals surface area (Å²) in [5.74, 6) is 1.09. The Bertz CT molecular complexity index is 907. The number of nitrogens with one attached hydrogen (secondary N) is 1. The molecule has 1 amide bonds. The lowest BCUT2D eigenvalue weighted by atomic mass is 10.0. The molecule has 1 N–H and O–H groups in total. The lowest BCUT2D eigenvalue weighted by Crippen LogP contribution is -2.52. The number of nitrogens with zero attached hydrogens (tertiary/aromatic N) is 2. The molecular weight excluding hydrogens is 378 g/mol. The number of rotatable bonds is 7. The van der Waals surface area contributed by atoms with Crippen LogP contribution in [0.1, 0.15) is 32.3 Å². The molecule has 6 heteroatoms. The highest BCUT2D eigenvalue weighted by molar-refractivity contribution is 5.82. The average Bonchev–Trinajstić information content (AvgIpc) is 2.77. The zero-order valence-electron chi connectivity index (χ0n) is 17.8. The molecule has 1 fully saturated rings. The van der Waals surface area contributed by atoms with Gasteiger partial charge in [-0.1, -0.05) is 38.1 Å². The van der Waals surface area contributed by atoms with Crippen LogP contribution in [-0.2, 0) is 4.79 Å². The first-order chi connectivity index (χ1) is 14.5. The molecule has 158 valence electrons. The lowest BCUT2D eigenvalue weighted by molar-refractivity contribution is -0.130. The van der Waals surface area contributed by atoms with Gasteiger partial charge < -0.3 is 19.7 Å². The quantitative estimate of drug-likeness (QED) is 0.757. The average molecular weight is 408 g/mol. The maximum Gasteiger partial charge on any atom is 0.261 e. The highest BCUT2D eigenvalue weighted by atomic mass is 16.5. The fourth-order valence-electron chi connectivity index (χ4n) is 3.78. The minimum absolute atomic E-state index is 0.0206. The van der Waals surface area contributed by atoms with Gasteiger partial charge in [-0.3, -0.25) is 4.79 Å². The second-order valence-electron chi connectivity index (χ2n) is 7.86. The minimum Gasteiger partial charge on any atom is -0.495 e. The predicted molar refractivity (Wildman–Crippen MR) is 117 cm³/mol. The number of ether oxygens (including phenoxy) is 2. The van der Waals surface area contributed by atoms with Crippen LogP contribution < -0.4 is 19.7 Å². The molecule has 1 aliphatic rings. The molecule has 1 saturated heterocycles. The summed E-state index contributed by atoms with van der Waals surface area (Å²) in [4.78, 5) is 15.3. The van der Waals surface area contributed by atoms with Gasteiger partial charge in [-0.05, 0) is 43.0 Å². The molecule has 1 heterocycles. The van der Waals surface area contributed by atoms with Crippen molar-refractivity contribution in [1.82, 2.24) is 5.32 Å². The van der Waals surface area contributed by atoms with Crippen LogP contribution in [-0.4, -0.2) is 38.3 Å². The van der Waals surface area contributed by atoms with Gasteiger partial charge in [0.05, 0.1) is 18.4 Å². The Morgan fingerprint density at radius 1 is 1.17 bits per heavy atom. The normalized spacial score (nSPS) is 17.2. The summed E-state index contributed by atoms with van der Waals surface area (Å²) in [5.41, 5.74) is 1.47. The third-order valence-electron chi connectivity index (χ3n) is 5.32. The first kappa shape index (κ1) is 21.5. The van der Waals surface area contributed by atoms with Gasteiger partial charge >= 0.3 is 0 Å². The molecule has 2 atom stereocenters. The zero-order chi connectivity index (χ0) is 21.5. The summed E-state index contributed by atoms with van der Waals surface area (Å²) in [6.45, 7) is 5.53. The van der Waals surface area contributed by atoms with Gasteiger partial charge in [0, 0.05) is 19.1 Å². The Morgan fingerprint density at radius 2 is 1.87 bits per heavy atom. The fourth-order valence-corrected chi connectivity index (χ4v) is 3.78. The monoisotopic (exact) mass is 407 g/mol. The summed E-state index contributed by atoms with van der Waals surface area (Å²) < 4.78 is 11.5. The maximum atomic E-state index is 13.1. The number of anilines is 1. The second-order valence-corrected chi connectivity index (χ2v) is 7.86. The van der Waals surface area contributed by atoms with Crippen molar-refractivity contribution in [3.63, 3.8) is 0 Å². The van der Waals surface area contributed by atoms with Crippen LogP contribution in [0.4, 0.5) is 5.69 Å². The highest BCUT2D eigenvalue weighted by Crippen LogP contribution is 2.30. The Kier molecular flexibility index (Phi) is 7.18. The Morgan fingerprint density at radius 3 is 2.57 bits per heavy atom. The predicted octanol–water partition coefficient (Wildman–Crippen LogP) is 3.76. The molecule has 0 aliphatic carbocycles. The van der Waals surface area contributed by atoms with Crippen molar-refractivity contribution in [2.45, 2.75) is 38.8 Å². The number of amides is 1. The fraction of sp³-hybridized carbons (Fsp3) is 0.417. The third kappa shape index (κ3) is 5.04. The molecule has 2 aromatic rings. The molecule has 0 bridgehead atoms. The van der Waals surface area contributed by atoms with E-state index in [0.29, 0.717) is 17.9 Å². The molecule has 2 aromatic carbocycles. The number of carbonyl (C=O) groups is 1. The third-order valence-corrected chi connectivity index (χ3v) is 5.32. The van der Waals surface area contributed by atoms with Crippen LogP contribution in [0, 0.1) is 17.2 Å². The number of para-hydroxylation sites is 3. The first-order valence-electron chi connectivity index (χ1n) is 10.4. The molecule has 3 rings (SSSR count). The van der Waals surface area contributed by atoms with Crippen molar-refractivity contribution < 1.29 is 14.3 Å². The number of hydrogen-bond donors (Lipinski definition) is 1. The van der Waals surface area contributed by atoms with Crippen LogP contribution in [0.2, 0.25) is 0 Å². The van der Waals surface area contributed by atoms with Crippen LogP contribution in [0.5, 0.6) is 11.5 Å². The van der Waals surface area contributed by atoms with E-state index >= 15 is 0 Å². The van der Waals surface area contributed by atoms with Crippen molar-refractivity contribution in [1.29, 1.82) is 5.26 Å². The van der Waals surface area contributed by atoms with Gasteiger partial charge in [0.2, 0.25) is 0 Å². The number of benzene rings is 2. The highest BCUT2D eigenvalue weighted by Gasteiger charge is 2.29. The number of carbonyl (C=O) groups excluding carboxylic acids is 1. The number of hydrogen-bond acceptors (Lipinski definition) is 5. The second kappa shape index (κ2) is 10.0. The van der Waals surface area contributed by atoms with E-state index in [2.05, 4.69) is 16.3 Å². The Labute approximate surface area is 178 Å². The van der Waals surface area contributed by atoms with Crippen molar-refractivity contribution in [3.8, 4) is 17.6 Å². The standard InChI is InChI=1S/C24H29N3O3/c1-17(2)23(30-21-12-6-4-9-18(21)15-25)24(28)26-19-10-8-14-27(16-19)20-11-5-7-13-22(20)29-3/h4-7,9,11-13,17,19,23H,8,10,14,16H2,1-3H3,(H,26,28). The molecule has 0 radical (unpaired) electrons. The van der Waals surface area contributed by atoms with Gasteiger partial charge in [0.25, 0.3) is 5.91 Å². The summed E-state index contributed by atoms with van der Waals surface area (Å²) in [6, 6.07) is 17.1. The first-order valence-corrected chi connectivity index (χ1v) is 10.4. The SMILES string of the molecule is COc1ccccc1N1CCCC(NC(=O)C(Oc2ccccc2C#N)C(C)C)C1. The molecule has 0 saturated carbocycles. The van der Waals surface area contributed by atoms with Crippen molar-refractivity contribution in [3.05, 3.63) is 54.1 Å². The van der Waals surface area contributed by atoms with E-state index in [9.17, 15) is 10.1 Å². The summed E-state index contributed by atoms with van der Waals surface area (Å²) >= 11 is 0. The number of methoxy groups -OCH3 is 1. The van der Waals surface area contributed by atoms with Crippen LogP contribution in [0.15, 0.2) is 48.5 Å². The van der Waals surface area contributed by atoms with Gasteiger partial charge in [0.15, 0.2) is 6.10 Å². The molecule has 1 aliphatic heterocycles. The van der Waals surface area contributed by atoms with E-state index in [1.165, 1.54) is 0 Å². The molecule has 0 spiro atoms. The van der Waals surface area contributed by atoms with Crippen molar-refractivity contribution >= 4 is 11.6 Å². The van der Waals surface area contributed by atoms with Gasteiger partial charge in [0.1, 0.15) is 17.6 Å². The summed E-state index contributed by atoms with van der Waals surface area (Å²) in [6.07, 6.45) is 1.23. The molecule has 30 heavy (non-hydrogen) atoms. The Hall–Kier alpha value is -3.20. The Balaban J connectivity index is 1.69. The number of piperidine rings is 1. The lowest BCUT2D eigenvalue weighted by Gasteiger charge is -2.36. The smallest absolute Gasteiger partial charge is 0.261 e. The summed E-state index contributed by atoms with van der Waals surface area (Å²) in [5, 5.41) is 12.5. The van der Waals surface area contributed by atoms with E-state index < -0.39 is 6.10 Å².